The van der Waals surface area contributed by atoms with Crippen molar-refractivity contribution in [3.05, 3.63) is 45.9 Å². The van der Waals surface area contributed by atoms with Crippen molar-refractivity contribution in [1.82, 2.24) is 15.2 Å². The number of ether oxygens (including phenoxy) is 1. The third-order valence-electron chi connectivity index (χ3n) is 2.69. The molecule has 0 aliphatic carbocycles. The van der Waals surface area contributed by atoms with Gasteiger partial charge in [-0.15, -0.1) is 10.2 Å². The van der Waals surface area contributed by atoms with Gasteiger partial charge in [-0.05, 0) is 30.5 Å². The smallest absolute Gasteiger partial charge is 0.274 e. The van der Waals surface area contributed by atoms with Crippen LogP contribution in [0.2, 0.25) is 0 Å². The number of hydrazone groups is 1. The number of aromatic amines is 1. The number of benzene rings is 1. The number of anilines is 1. The number of rotatable bonds is 6. The highest BCUT2D eigenvalue weighted by atomic mass is 16.5. The van der Waals surface area contributed by atoms with Gasteiger partial charge in [0.2, 0.25) is 5.95 Å². The van der Waals surface area contributed by atoms with Gasteiger partial charge >= 0.3 is 0 Å². The predicted molar refractivity (Wildman–Crippen MR) is 85.4 cm³/mol. The number of nitrogens with one attached hydrogen (secondary N) is 2. The molecule has 2 rings (SSSR count). The van der Waals surface area contributed by atoms with Crippen LogP contribution in [0.1, 0.15) is 25.1 Å². The highest BCUT2D eigenvalue weighted by Gasteiger charge is 1.99. The standard InChI is InChI=1S/C15H19N5O2/c1-10(2)9-22-13-6-4-5-12(7-13)8-16-19-15-17-14(21)11(3)18-20-15/h4-8,10H,9H2,1-3H3,(H2,17,19,20,21)/b16-8+. The molecule has 7 nitrogen and oxygen atoms in total. The van der Waals surface area contributed by atoms with E-state index in [-0.39, 0.29) is 11.5 Å². The first-order valence-corrected chi connectivity index (χ1v) is 7.00. The van der Waals surface area contributed by atoms with Crippen LogP contribution >= 0.6 is 0 Å². The largest absolute Gasteiger partial charge is 0.493 e. The third-order valence-corrected chi connectivity index (χ3v) is 2.69. The van der Waals surface area contributed by atoms with Crippen molar-refractivity contribution in [2.45, 2.75) is 20.8 Å². The summed E-state index contributed by atoms with van der Waals surface area (Å²) in [7, 11) is 0. The fraction of sp³-hybridized carbons (Fsp3) is 0.333. The zero-order chi connectivity index (χ0) is 15.9. The molecule has 1 aromatic carbocycles. The quantitative estimate of drug-likeness (QED) is 0.628. The Morgan fingerprint density at radius 3 is 2.95 bits per heavy atom. The van der Waals surface area contributed by atoms with Gasteiger partial charge in [0.05, 0.1) is 12.8 Å². The molecule has 0 aliphatic heterocycles. The monoisotopic (exact) mass is 301 g/mol. The molecular formula is C15H19N5O2. The molecule has 0 aliphatic rings. The number of hydrogen-bond donors (Lipinski definition) is 2. The van der Waals surface area contributed by atoms with Crippen molar-refractivity contribution in [3.63, 3.8) is 0 Å². The van der Waals surface area contributed by atoms with E-state index in [0.717, 1.165) is 11.3 Å². The second kappa shape index (κ2) is 7.35. The number of nitrogens with zero attached hydrogens (tertiary/aromatic N) is 3. The van der Waals surface area contributed by atoms with E-state index in [1.54, 1.807) is 13.1 Å². The number of H-pyrrole nitrogens is 1. The van der Waals surface area contributed by atoms with E-state index in [2.05, 4.69) is 39.6 Å². The Balaban J connectivity index is 1.99. The van der Waals surface area contributed by atoms with E-state index in [1.807, 2.05) is 24.3 Å². The number of hydrogen-bond acceptors (Lipinski definition) is 6. The Labute approximate surface area is 128 Å². The lowest BCUT2D eigenvalue weighted by Gasteiger charge is -2.08. The molecule has 116 valence electrons. The maximum absolute atomic E-state index is 11.4. The molecule has 0 saturated heterocycles. The highest BCUT2D eigenvalue weighted by molar-refractivity contribution is 5.80. The summed E-state index contributed by atoms with van der Waals surface area (Å²) in [5.74, 6) is 1.45. The van der Waals surface area contributed by atoms with Crippen LogP contribution in [0.15, 0.2) is 34.2 Å². The minimum absolute atomic E-state index is 0.194. The first-order valence-electron chi connectivity index (χ1n) is 7.00. The topological polar surface area (TPSA) is 92.3 Å². The van der Waals surface area contributed by atoms with Crippen molar-refractivity contribution in [1.29, 1.82) is 0 Å². The summed E-state index contributed by atoms with van der Waals surface area (Å²) in [5, 5.41) is 11.5. The van der Waals surface area contributed by atoms with Crippen molar-refractivity contribution in [2.24, 2.45) is 11.0 Å². The maximum atomic E-state index is 11.4. The predicted octanol–water partition coefficient (Wildman–Crippen LogP) is 1.95. The average molecular weight is 301 g/mol. The molecule has 0 bridgehead atoms. The summed E-state index contributed by atoms with van der Waals surface area (Å²) >= 11 is 0. The molecule has 0 saturated carbocycles. The zero-order valence-corrected chi connectivity index (χ0v) is 12.8. The fourth-order valence-electron chi connectivity index (χ4n) is 1.56. The molecule has 0 radical (unpaired) electrons. The minimum atomic E-state index is -0.295. The second-order valence-electron chi connectivity index (χ2n) is 5.24. The van der Waals surface area contributed by atoms with E-state index < -0.39 is 0 Å². The van der Waals surface area contributed by atoms with E-state index >= 15 is 0 Å². The summed E-state index contributed by atoms with van der Waals surface area (Å²) in [5.41, 5.74) is 3.52. The molecule has 2 N–H and O–H groups in total. The molecule has 7 heteroatoms. The van der Waals surface area contributed by atoms with Crippen molar-refractivity contribution in [2.75, 3.05) is 12.0 Å². The Kier molecular flexibility index (Phi) is 5.24. The van der Waals surface area contributed by atoms with Gasteiger partial charge in [-0.3, -0.25) is 9.78 Å². The summed E-state index contributed by atoms with van der Waals surface area (Å²) in [6.07, 6.45) is 1.61. The van der Waals surface area contributed by atoms with Gasteiger partial charge in [0.15, 0.2) is 0 Å². The van der Waals surface area contributed by atoms with Gasteiger partial charge in [0, 0.05) is 0 Å². The Hall–Kier alpha value is -2.70. The van der Waals surface area contributed by atoms with Crippen LogP contribution in [-0.2, 0) is 0 Å². The van der Waals surface area contributed by atoms with Crippen LogP contribution < -0.4 is 15.7 Å². The van der Waals surface area contributed by atoms with Gasteiger partial charge in [-0.1, -0.05) is 26.0 Å². The lowest BCUT2D eigenvalue weighted by Crippen LogP contribution is -2.15. The molecule has 22 heavy (non-hydrogen) atoms. The maximum Gasteiger partial charge on any atom is 0.274 e. The number of aromatic nitrogens is 3. The van der Waals surface area contributed by atoms with E-state index in [1.165, 1.54) is 0 Å². The van der Waals surface area contributed by atoms with E-state index in [9.17, 15) is 4.79 Å². The molecule has 1 aromatic heterocycles. The van der Waals surface area contributed by atoms with Crippen LogP contribution in [0, 0.1) is 12.8 Å². The lowest BCUT2D eigenvalue weighted by molar-refractivity contribution is 0.271. The third kappa shape index (κ3) is 4.69. The molecule has 2 aromatic rings. The van der Waals surface area contributed by atoms with Crippen molar-refractivity contribution < 1.29 is 4.74 Å². The average Bonchev–Trinajstić information content (AvgIpc) is 2.49. The van der Waals surface area contributed by atoms with Crippen LogP contribution in [0.4, 0.5) is 5.95 Å². The summed E-state index contributed by atoms with van der Waals surface area (Å²) < 4.78 is 5.65. The molecule has 0 fully saturated rings. The highest BCUT2D eigenvalue weighted by Crippen LogP contribution is 2.13. The van der Waals surface area contributed by atoms with Gasteiger partial charge in [0.1, 0.15) is 11.4 Å². The van der Waals surface area contributed by atoms with E-state index in [4.69, 9.17) is 4.74 Å². The van der Waals surface area contributed by atoms with Gasteiger partial charge in [-0.25, -0.2) is 5.43 Å². The first-order chi connectivity index (χ1) is 10.5. The number of aryl methyl sites for hydroxylation is 1. The Morgan fingerprint density at radius 1 is 1.41 bits per heavy atom. The molecular weight excluding hydrogens is 282 g/mol. The minimum Gasteiger partial charge on any atom is -0.493 e. The van der Waals surface area contributed by atoms with Gasteiger partial charge in [-0.2, -0.15) is 5.10 Å². The van der Waals surface area contributed by atoms with Crippen LogP contribution in [0.25, 0.3) is 0 Å². The van der Waals surface area contributed by atoms with Crippen molar-refractivity contribution >= 4 is 12.2 Å². The SMILES string of the molecule is Cc1nnc(N/N=C/c2cccc(OCC(C)C)c2)[nH]c1=O. The Morgan fingerprint density at radius 2 is 2.23 bits per heavy atom. The van der Waals surface area contributed by atoms with Crippen LogP contribution in [0.3, 0.4) is 0 Å². The van der Waals surface area contributed by atoms with E-state index in [0.29, 0.717) is 18.2 Å². The summed E-state index contributed by atoms with van der Waals surface area (Å²) in [4.78, 5) is 13.9. The van der Waals surface area contributed by atoms with Crippen LogP contribution in [-0.4, -0.2) is 28.0 Å². The van der Waals surface area contributed by atoms with Crippen molar-refractivity contribution in [3.8, 4) is 5.75 Å². The molecule has 0 amide bonds. The molecule has 0 spiro atoms. The normalized spacial score (nSPS) is 11.1. The van der Waals surface area contributed by atoms with Gasteiger partial charge < -0.3 is 4.74 Å². The zero-order valence-electron chi connectivity index (χ0n) is 12.8. The summed E-state index contributed by atoms with van der Waals surface area (Å²) in [6, 6.07) is 7.58. The van der Waals surface area contributed by atoms with Gasteiger partial charge in [0.25, 0.3) is 5.56 Å². The summed E-state index contributed by atoms with van der Waals surface area (Å²) in [6.45, 7) is 6.44. The second-order valence-corrected chi connectivity index (χ2v) is 5.24. The fourth-order valence-corrected chi connectivity index (χ4v) is 1.56. The molecule has 0 unspecified atom stereocenters. The molecule has 0 atom stereocenters. The first kappa shape index (κ1) is 15.7. The van der Waals surface area contributed by atoms with Crippen LogP contribution in [0.5, 0.6) is 5.75 Å². The Bertz CT molecular complexity index is 709. The lowest BCUT2D eigenvalue weighted by atomic mass is 10.2. The molecule has 1 heterocycles.